The minimum Gasteiger partial charge on any atom is -0.387 e. The second-order valence-electron chi connectivity index (χ2n) is 3.25. The predicted molar refractivity (Wildman–Crippen MR) is 62.2 cm³/mol. The summed E-state index contributed by atoms with van der Waals surface area (Å²) in [7, 11) is 0. The van der Waals surface area contributed by atoms with Crippen LogP contribution >= 0.6 is 0 Å². The Morgan fingerprint density at radius 2 is 2.07 bits per heavy atom. The summed E-state index contributed by atoms with van der Waals surface area (Å²) in [6.45, 7) is 2.57. The van der Waals surface area contributed by atoms with Crippen molar-refractivity contribution in [1.29, 1.82) is 0 Å². The Labute approximate surface area is 90.3 Å². The molecule has 0 saturated carbocycles. The summed E-state index contributed by atoms with van der Waals surface area (Å²) in [6.07, 6.45) is 6.26. The Hall–Kier alpha value is -1.83. The van der Waals surface area contributed by atoms with Crippen LogP contribution < -0.4 is 5.32 Å². The molecule has 2 heteroatoms. The van der Waals surface area contributed by atoms with E-state index in [0.717, 1.165) is 12.8 Å². The molecule has 1 rings (SSSR count). The van der Waals surface area contributed by atoms with E-state index in [9.17, 15) is 4.79 Å². The summed E-state index contributed by atoms with van der Waals surface area (Å²) in [5, 5.41) is 3.14. The Morgan fingerprint density at radius 1 is 1.33 bits per heavy atom. The van der Waals surface area contributed by atoms with E-state index in [4.69, 9.17) is 0 Å². The van der Waals surface area contributed by atoms with Gasteiger partial charge in [-0.15, -0.1) is 0 Å². The molecule has 0 aliphatic carbocycles. The maximum absolute atomic E-state index is 10.3. The third kappa shape index (κ3) is 4.81. The van der Waals surface area contributed by atoms with Crippen molar-refractivity contribution in [3.05, 3.63) is 59.8 Å². The van der Waals surface area contributed by atoms with Crippen LogP contribution in [0.5, 0.6) is 0 Å². The fourth-order valence-corrected chi connectivity index (χ4v) is 1.08. The van der Waals surface area contributed by atoms with Crippen molar-refractivity contribution >= 4 is 6.29 Å². The highest BCUT2D eigenvalue weighted by atomic mass is 16.1. The molecule has 0 fully saturated rings. The predicted octanol–water partition coefficient (Wildman–Crippen LogP) is 2.44. The molecule has 1 N–H and O–H groups in total. The summed E-state index contributed by atoms with van der Waals surface area (Å²) < 4.78 is 0. The van der Waals surface area contributed by atoms with Gasteiger partial charge in [-0.25, -0.2) is 0 Å². The van der Waals surface area contributed by atoms with Gasteiger partial charge in [0.2, 0.25) is 0 Å². The first kappa shape index (κ1) is 11.2. The molecular formula is C13H15NO. The van der Waals surface area contributed by atoms with Crippen LogP contribution in [0.4, 0.5) is 0 Å². The van der Waals surface area contributed by atoms with Gasteiger partial charge in [0.1, 0.15) is 6.29 Å². The lowest BCUT2D eigenvalue weighted by Gasteiger charge is -1.99. The summed E-state index contributed by atoms with van der Waals surface area (Å²) in [5.74, 6) is 0. The average Bonchev–Trinajstić information content (AvgIpc) is 2.29. The van der Waals surface area contributed by atoms with Gasteiger partial charge in [-0.3, -0.25) is 4.79 Å². The Bertz CT molecular complexity index is 352. The maximum atomic E-state index is 10.3. The van der Waals surface area contributed by atoms with Crippen LogP contribution in [0, 0.1) is 0 Å². The van der Waals surface area contributed by atoms with Gasteiger partial charge in [-0.2, -0.15) is 0 Å². The third-order valence-electron chi connectivity index (χ3n) is 1.91. The molecule has 0 amide bonds. The first-order valence-corrected chi connectivity index (χ1v) is 4.89. The fourth-order valence-electron chi connectivity index (χ4n) is 1.08. The van der Waals surface area contributed by atoms with Crippen LogP contribution in [0.2, 0.25) is 0 Å². The fraction of sp³-hybridized carbons (Fsp3) is 0.154. The Morgan fingerprint density at radius 3 is 2.73 bits per heavy atom. The van der Waals surface area contributed by atoms with E-state index in [1.54, 1.807) is 13.0 Å². The number of carbonyl (C=O) groups excluding carboxylic acids is 1. The lowest BCUT2D eigenvalue weighted by molar-refractivity contribution is -0.104. The first-order chi connectivity index (χ1) is 7.33. The smallest absolute Gasteiger partial charge is 0.145 e. The molecule has 0 unspecified atom stereocenters. The van der Waals surface area contributed by atoms with Crippen molar-refractivity contribution in [2.45, 2.75) is 13.5 Å². The number of hydrogen-bond donors (Lipinski definition) is 1. The molecule has 0 heterocycles. The van der Waals surface area contributed by atoms with E-state index >= 15 is 0 Å². The largest absolute Gasteiger partial charge is 0.387 e. The summed E-state index contributed by atoms with van der Waals surface area (Å²) in [6, 6.07) is 10.1. The van der Waals surface area contributed by atoms with Gasteiger partial charge in [0.05, 0.1) is 0 Å². The number of carbonyl (C=O) groups is 1. The van der Waals surface area contributed by atoms with Crippen LogP contribution in [0.3, 0.4) is 0 Å². The van der Waals surface area contributed by atoms with E-state index < -0.39 is 0 Å². The second-order valence-corrected chi connectivity index (χ2v) is 3.25. The van der Waals surface area contributed by atoms with Gasteiger partial charge < -0.3 is 5.32 Å². The molecule has 0 atom stereocenters. The minimum absolute atomic E-state index is 0.716. The van der Waals surface area contributed by atoms with E-state index in [-0.39, 0.29) is 0 Å². The molecular weight excluding hydrogens is 186 g/mol. The van der Waals surface area contributed by atoms with Crippen LogP contribution in [-0.2, 0) is 11.3 Å². The lowest BCUT2D eigenvalue weighted by atomic mass is 10.2. The Balaban J connectivity index is 2.31. The molecule has 1 aromatic carbocycles. The summed E-state index contributed by atoms with van der Waals surface area (Å²) in [5.41, 5.74) is 1.95. The zero-order chi connectivity index (χ0) is 10.9. The van der Waals surface area contributed by atoms with Gasteiger partial charge >= 0.3 is 0 Å². The molecule has 0 radical (unpaired) electrons. The molecule has 15 heavy (non-hydrogen) atoms. The van der Waals surface area contributed by atoms with E-state index in [1.807, 2.05) is 30.5 Å². The maximum Gasteiger partial charge on any atom is 0.145 e. The first-order valence-electron chi connectivity index (χ1n) is 4.89. The number of rotatable bonds is 5. The SMILES string of the molecule is C/C(C=O)=C\C=C\NCc1ccccc1. The van der Waals surface area contributed by atoms with Crippen LogP contribution in [0.1, 0.15) is 12.5 Å². The van der Waals surface area contributed by atoms with E-state index in [0.29, 0.717) is 5.57 Å². The molecule has 0 spiro atoms. The van der Waals surface area contributed by atoms with E-state index in [2.05, 4.69) is 17.4 Å². The molecule has 0 saturated heterocycles. The Kier molecular flexibility index (Phi) is 4.95. The van der Waals surface area contributed by atoms with Crippen molar-refractivity contribution in [3.8, 4) is 0 Å². The molecule has 1 aromatic rings. The van der Waals surface area contributed by atoms with Gasteiger partial charge in [-0.05, 0) is 30.3 Å². The van der Waals surface area contributed by atoms with E-state index in [1.165, 1.54) is 5.56 Å². The number of benzene rings is 1. The van der Waals surface area contributed by atoms with Crippen molar-refractivity contribution in [3.63, 3.8) is 0 Å². The van der Waals surface area contributed by atoms with Crippen LogP contribution in [0.15, 0.2) is 54.3 Å². The third-order valence-corrected chi connectivity index (χ3v) is 1.91. The van der Waals surface area contributed by atoms with Gasteiger partial charge in [0, 0.05) is 6.54 Å². The highest BCUT2D eigenvalue weighted by Crippen LogP contribution is 1.96. The average molecular weight is 201 g/mol. The molecule has 2 nitrogen and oxygen atoms in total. The summed E-state index contributed by atoms with van der Waals surface area (Å²) >= 11 is 0. The molecule has 0 bridgehead atoms. The normalized spacial score (nSPS) is 11.7. The van der Waals surface area contributed by atoms with Crippen molar-refractivity contribution < 1.29 is 4.79 Å². The van der Waals surface area contributed by atoms with Crippen LogP contribution in [-0.4, -0.2) is 6.29 Å². The zero-order valence-electron chi connectivity index (χ0n) is 8.81. The van der Waals surface area contributed by atoms with Crippen LogP contribution in [0.25, 0.3) is 0 Å². The number of nitrogens with one attached hydrogen (secondary N) is 1. The molecule has 0 aliphatic heterocycles. The monoisotopic (exact) mass is 201 g/mol. The lowest BCUT2D eigenvalue weighted by Crippen LogP contribution is -2.03. The van der Waals surface area contributed by atoms with Crippen molar-refractivity contribution in [2.75, 3.05) is 0 Å². The highest BCUT2D eigenvalue weighted by Gasteiger charge is 1.85. The van der Waals surface area contributed by atoms with Crippen molar-refractivity contribution in [1.82, 2.24) is 5.32 Å². The van der Waals surface area contributed by atoms with Gasteiger partial charge in [0.15, 0.2) is 0 Å². The second kappa shape index (κ2) is 6.60. The van der Waals surface area contributed by atoms with Gasteiger partial charge in [-0.1, -0.05) is 36.4 Å². The topological polar surface area (TPSA) is 29.1 Å². The zero-order valence-corrected chi connectivity index (χ0v) is 8.81. The standard InChI is InChI=1S/C13H15NO/c1-12(11-15)6-5-9-14-10-13-7-3-2-4-8-13/h2-9,11,14H,10H2,1H3/b9-5+,12-6+. The highest BCUT2D eigenvalue weighted by molar-refractivity contribution is 5.72. The number of allylic oxidation sites excluding steroid dienone is 3. The molecule has 78 valence electrons. The van der Waals surface area contributed by atoms with Gasteiger partial charge in [0.25, 0.3) is 0 Å². The quantitative estimate of drug-likeness (QED) is 0.450. The molecule has 0 aromatic heterocycles. The number of hydrogen-bond acceptors (Lipinski definition) is 2. The molecule has 0 aliphatic rings. The van der Waals surface area contributed by atoms with Crippen molar-refractivity contribution in [2.24, 2.45) is 0 Å². The summed E-state index contributed by atoms with van der Waals surface area (Å²) in [4.78, 5) is 10.3. The number of aldehydes is 1. The minimum atomic E-state index is 0.716.